The summed E-state index contributed by atoms with van der Waals surface area (Å²) >= 11 is 0. The van der Waals surface area contributed by atoms with Crippen LogP contribution in [-0.2, 0) is 17.0 Å². The molecule has 0 fully saturated rings. The van der Waals surface area contributed by atoms with Crippen LogP contribution in [0.1, 0.15) is 21.5 Å². The van der Waals surface area contributed by atoms with Gasteiger partial charge >= 0.3 is 0 Å². The number of benzene rings is 2. The van der Waals surface area contributed by atoms with E-state index in [1.807, 2.05) is 0 Å². The molecule has 1 atom stereocenters. The molecule has 0 aliphatic rings. The number of aliphatic hydroxyl groups is 1. The molecule has 0 saturated heterocycles. The molecule has 1 aromatic heterocycles. The van der Waals surface area contributed by atoms with Gasteiger partial charge in [0, 0.05) is 24.2 Å². The third kappa shape index (κ3) is 4.12. The van der Waals surface area contributed by atoms with Crippen LogP contribution in [0.15, 0.2) is 61.7 Å². The lowest BCUT2D eigenvalue weighted by molar-refractivity contribution is -0.0756. The van der Waals surface area contributed by atoms with Crippen LogP contribution in [0.3, 0.4) is 0 Å². The first-order valence-corrected chi connectivity index (χ1v) is 8.88. The van der Waals surface area contributed by atoms with Gasteiger partial charge in [-0.15, -0.1) is 0 Å². The van der Waals surface area contributed by atoms with Crippen LogP contribution in [0, 0.1) is 11.6 Å². The second-order valence-corrected chi connectivity index (χ2v) is 6.62. The molecule has 9 heteroatoms. The Labute approximate surface area is 171 Å². The van der Waals surface area contributed by atoms with Crippen molar-refractivity contribution < 1.29 is 23.5 Å². The first-order valence-electron chi connectivity index (χ1n) is 8.88. The van der Waals surface area contributed by atoms with Gasteiger partial charge < -0.3 is 5.11 Å². The number of nitrogens with zero attached hydrogens (tertiary/aromatic N) is 4. The Morgan fingerprint density at radius 3 is 2.47 bits per heavy atom. The number of aromatic nitrogens is 3. The lowest BCUT2D eigenvalue weighted by atomic mass is 9.82. The Bertz CT molecular complexity index is 1050. The van der Waals surface area contributed by atoms with Crippen molar-refractivity contribution >= 4 is 11.5 Å². The van der Waals surface area contributed by atoms with E-state index in [9.17, 15) is 18.7 Å². The second-order valence-electron chi connectivity index (χ2n) is 6.62. The van der Waals surface area contributed by atoms with Crippen LogP contribution in [-0.4, -0.2) is 45.0 Å². The van der Waals surface area contributed by atoms with Gasteiger partial charge in [-0.2, -0.15) is 5.10 Å². The smallest absolute Gasteiger partial charge is 0.277 e. The fourth-order valence-corrected chi connectivity index (χ4v) is 3.03. The zero-order valence-corrected chi connectivity index (χ0v) is 16.4. The van der Waals surface area contributed by atoms with Gasteiger partial charge in [-0.05, 0) is 35.4 Å². The normalized spacial score (nSPS) is 13.0. The summed E-state index contributed by atoms with van der Waals surface area (Å²) in [6.45, 7) is 3.74. The van der Waals surface area contributed by atoms with Crippen molar-refractivity contribution in [2.24, 2.45) is 0 Å². The number of hydrogen-bond donors (Lipinski definition) is 1. The average Bonchev–Trinajstić information content (AvgIpc) is 3.24. The molecule has 3 aromatic rings. The van der Waals surface area contributed by atoms with Gasteiger partial charge in [-0.3, -0.25) is 9.63 Å². The van der Waals surface area contributed by atoms with E-state index < -0.39 is 17.2 Å². The predicted molar refractivity (Wildman–Crippen MR) is 105 cm³/mol. The minimum absolute atomic E-state index is 0.141. The number of amides is 1. The number of carbonyl (C=O) groups is 1. The Balaban J connectivity index is 2.01. The first kappa shape index (κ1) is 21.3. The highest BCUT2D eigenvalue weighted by Gasteiger charge is 2.37. The second kappa shape index (κ2) is 8.52. The molecule has 0 aliphatic carbocycles. The van der Waals surface area contributed by atoms with Gasteiger partial charge in [0.05, 0.1) is 13.7 Å². The van der Waals surface area contributed by atoms with E-state index in [0.717, 1.165) is 17.2 Å². The Kier molecular flexibility index (Phi) is 6.04. The highest BCUT2D eigenvalue weighted by atomic mass is 19.1. The molecular formula is C21H20F2N4O3. The Hall–Kier alpha value is -3.43. The zero-order chi connectivity index (χ0) is 21.9. The van der Waals surface area contributed by atoms with Gasteiger partial charge in [-0.1, -0.05) is 18.7 Å². The minimum Gasteiger partial charge on any atom is -0.378 e. The summed E-state index contributed by atoms with van der Waals surface area (Å²) < 4.78 is 29.4. The summed E-state index contributed by atoms with van der Waals surface area (Å²) in [4.78, 5) is 20.9. The molecule has 1 N–H and O–H groups in total. The fourth-order valence-electron chi connectivity index (χ4n) is 3.03. The standard InChI is InChI=1S/C21H20F2N4O3/c1-14(15-4-6-16(7-5-15)20(28)26(2)30-3)21(29,11-27-13-24-12-25-27)18-9-8-17(22)10-19(18)23/h4-10,12-13,29H,1,11H2,2-3H3. The van der Waals surface area contributed by atoms with E-state index in [1.165, 1.54) is 43.6 Å². The molecule has 7 nitrogen and oxygen atoms in total. The van der Waals surface area contributed by atoms with Crippen LogP contribution in [0.4, 0.5) is 8.78 Å². The number of hydroxylamine groups is 2. The third-order valence-corrected chi connectivity index (χ3v) is 4.77. The molecule has 156 valence electrons. The summed E-state index contributed by atoms with van der Waals surface area (Å²) in [5.74, 6) is -2.06. The molecule has 1 heterocycles. The van der Waals surface area contributed by atoms with Crippen LogP contribution in [0.25, 0.3) is 5.57 Å². The molecule has 0 aliphatic heterocycles. The van der Waals surface area contributed by atoms with Gasteiger partial charge in [0.25, 0.3) is 5.91 Å². The van der Waals surface area contributed by atoms with E-state index in [-0.39, 0.29) is 23.6 Å². The maximum atomic E-state index is 14.6. The Morgan fingerprint density at radius 1 is 1.23 bits per heavy atom. The number of halogens is 2. The van der Waals surface area contributed by atoms with Crippen molar-refractivity contribution in [1.29, 1.82) is 0 Å². The topological polar surface area (TPSA) is 80.5 Å². The minimum atomic E-state index is -1.96. The summed E-state index contributed by atoms with van der Waals surface area (Å²) in [5.41, 5.74) is -1.17. The van der Waals surface area contributed by atoms with E-state index >= 15 is 0 Å². The molecule has 0 saturated carbocycles. The molecule has 30 heavy (non-hydrogen) atoms. The molecule has 1 unspecified atom stereocenters. The predicted octanol–water partition coefficient (Wildman–Crippen LogP) is 2.79. The lowest BCUT2D eigenvalue weighted by Crippen LogP contribution is -2.34. The van der Waals surface area contributed by atoms with E-state index in [2.05, 4.69) is 16.7 Å². The quantitative estimate of drug-likeness (QED) is 0.602. The number of carbonyl (C=O) groups excluding carboxylic acids is 1. The highest BCUT2D eigenvalue weighted by molar-refractivity contribution is 5.93. The summed E-state index contributed by atoms with van der Waals surface area (Å²) in [7, 11) is 2.85. The van der Waals surface area contributed by atoms with E-state index in [0.29, 0.717) is 17.2 Å². The zero-order valence-electron chi connectivity index (χ0n) is 16.4. The van der Waals surface area contributed by atoms with Crippen LogP contribution in [0.2, 0.25) is 0 Å². The number of hydrogen-bond acceptors (Lipinski definition) is 5. The van der Waals surface area contributed by atoms with Crippen LogP contribution < -0.4 is 0 Å². The summed E-state index contributed by atoms with van der Waals surface area (Å²) in [6, 6.07) is 9.14. The van der Waals surface area contributed by atoms with E-state index in [1.54, 1.807) is 12.1 Å². The van der Waals surface area contributed by atoms with Gasteiger partial charge in [0.1, 0.15) is 29.9 Å². The van der Waals surface area contributed by atoms with Crippen molar-refractivity contribution in [3.05, 3.63) is 90.0 Å². The van der Waals surface area contributed by atoms with Gasteiger partial charge in [0.15, 0.2) is 0 Å². The fraction of sp³-hybridized carbons (Fsp3) is 0.190. The molecule has 2 aromatic carbocycles. The van der Waals surface area contributed by atoms with Crippen molar-refractivity contribution in [1.82, 2.24) is 19.8 Å². The molecule has 0 spiro atoms. The number of rotatable bonds is 7. The highest BCUT2D eigenvalue weighted by Crippen LogP contribution is 2.38. The monoisotopic (exact) mass is 414 g/mol. The molecule has 1 amide bonds. The lowest BCUT2D eigenvalue weighted by Gasteiger charge is -2.31. The molecule has 3 rings (SSSR count). The largest absolute Gasteiger partial charge is 0.378 e. The first-order chi connectivity index (χ1) is 14.3. The SMILES string of the molecule is C=C(c1ccc(C(=O)N(C)OC)cc1)C(O)(Cn1cncn1)c1ccc(F)cc1F. The Morgan fingerprint density at radius 2 is 1.90 bits per heavy atom. The van der Waals surface area contributed by atoms with Crippen molar-refractivity contribution in [3.8, 4) is 0 Å². The molecule has 0 radical (unpaired) electrons. The summed E-state index contributed by atoms with van der Waals surface area (Å²) in [5, 5.41) is 16.5. The molecule has 0 bridgehead atoms. The molecular weight excluding hydrogens is 394 g/mol. The maximum absolute atomic E-state index is 14.6. The van der Waals surface area contributed by atoms with Crippen molar-refractivity contribution in [3.63, 3.8) is 0 Å². The van der Waals surface area contributed by atoms with E-state index in [4.69, 9.17) is 4.84 Å². The maximum Gasteiger partial charge on any atom is 0.277 e. The van der Waals surface area contributed by atoms with Crippen molar-refractivity contribution in [2.75, 3.05) is 14.2 Å². The van der Waals surface area contributed by atoms with Gasteiger partial charge in [-0.25, -0.2) is 23.5 Å². The average molecular weight is 414 g/mol. The third-order valence-electron chi connectivity index (χ3n) is 4.77. The van der Waals surface area contributed by atoms with Gasteiger partial charge in [0.2, 0.25) is 0 Å². The van der Waals surface area contributed by atoms with Crippen LogP contribution >= 0.6 is 0 Å². The van der Waals surface area contributed by atoms with Crippen LogP contribution in [0.5, 0.6) is 0 Å². The van der Waals surface area contributed by atoms with Crippen molar-refractivity contribution in [2.45, 2.75) is 12.1 Å². The summed E-state index contributed by atoms with van der Waals surface area (Å²) in [6.07, 6.45) is 2.64.